The van der Waals surface area contributed by atoms with Gasteiger partial charge in [0.2, 0.25) is 5.91 Å². The molecule has 1 fully saturated rings. The molecule has 0 radical (unpaired) electrons. The zero-order valence-corrected chi connectivity index (χ0v) is 17.6. The summed E-state index contributed by atoms with van der Waals surface area (Å²) in [6.45, 7) is 5.81. The number of rotatable bonds is 6. The first-order valence-electron chi connectivity index (χ1n) is 9.16. The molecule has 1 N–H and O–H groups in total. The highest BCUT2D eigenvalue weighted by atomic mass is 32.2. The minimum Gasteiger partial charge on any atom is -0.497 e. The van der Waals surface area contributed by atoms with Crippen molar-refractivity contribution in [2.75, 3.05) is 19.0 Å². The van der Waals surface area contributed by atoms with E-state index in [2.05, 4.69) is 23.7 Å². The van der Waals surface area contributed by atoms with Crippen LogP contribution in [0.1, 0.15) is 31.1 Å². The first-order chi connectivity index (χ1) is 13.8. The molecular formula is C21H23N3O4S. The van der Waals surface area contributed by atoms with Gasteiger partial charge in [-0.15, -0.1) is 0 Å². The van der Waals surface area contributed by atoms with Crippen molar-refractivity contribution in [1.82, 2.24) is 9.47 Å². The largest absolute Gasteiger partial charge is 0.497 e. The molecule has 1 aromatic heterocycles. The van der Waals surface area contributed by atoms with Crippen LogP contribution in [0.25, 0.3) is 6.08 Å². The van der Waals surface area contributed by atoms with Crippen molar-refractivity contribution in [1.29, 1.82) is 0 Å². The highest BCUT2D eigenvalue weighted by molar-refractivity contribution is 8.18. The van der Waals surface area contributed by atoms with Gasteiger partial charge in [-0.25, -0.2) is 0 Å². The van der Waals surface area contributed by atoms with E-state index < -0.39 is 17.1 Å². The SMILES string of the molecule is COc1ccc(NC(=O)CN2C(=O)S/C(=C/c3cc(C)n(C(C)C)c3)C2=O)cc1. The van der Waals surface area contributed by atoms with Crippen LogP contribution >= 0.6 is 11.8 Å². The Morgan fingerprint density at radius 1 is 1.24 bits per heavy atom. The first kappa shape index (κ1) is 20.7. The van der Waals surface area contributed by atoms with E-state index in [9.17, 15) is 14.4 Å². The van der Waals surface area contributed by atoms with E-state index in [0.717, 1.165) is 27.9 Å². The average Bonchev–Trinajstić information content (AvgIpc) is 3.17. The van der Waals surface area contributed by atoms with Crippen LogP contribution < -0.4 is 10.1 Å². The van der Waals surface area contributed by atoms with Crippen molar-refractivity contribution in [3.05, 3.63) is 52.7 Å². The number of aromatic nitrogens is 1. The van der Waals surface area contributed by atoms with Gasteiger partial charge in [0, 0.05) is 23.6 Å². The van der Waals surface area contributed by atoms with Crippen LogP contribution in [0.4, 0.5) is 10.5 Å². The molecule has 0 aliphatic carbocycles. The first-order valence-corrected chi connectivity index (χ1v) is 9.98. The Kier molecular flexibility index (Phi) is 6.12. The van der Waals surface area contributed by atoms with Crippen molar-refractivity contribution in [3.63, 3.8) is 0 Å². The van der Waals surface area contributed by atoms with E-state index >= 15 is 0 Å². The molecule has 1 aliphatic heterocycles. The van der Waals surface area contributed by atoms with E-state index in [1.807, 2.05) is 19.2 Å². The number of hydrogen-bond acceptors (Lipinski definition) is 5. The zero-order chi connectivity index (χ0) is 21.1. The fourth-order valence-electron chi connectivity index (χ4n) is 3.06. The number of carbonyl (C=O) groups is 3. The highest BCUT2D eigenvalue weighted by Crippen LogP contribution is 2.32. The molecular weight excluding hydrogens is 390 g/mol. The smallest absolute Gasteiger partial charge is 0.294 e. The molecule has 29 heavy (non-hydrogen) atoms. The fourth-order valence-corrected chi connectivity index (χ4v) is 3.90. The predicted molar refractivity (Wildman–Crippen MR) is 114 cm³/mol. The molecule has 3 amide bonds. The van der Waals surface area contributed by atoms with E-state index in [1.165, 1.54) is 0 Å². The van der Waals surface area contributed by atoms with Crippen LogP contribution in [0.2, 0.25) is 0 Å². The van der Waals surface area contributed by atoms with Crippen molar-refractivity contribution < 1.29 is 19.1 Å². The number of nitrogens with zero attached hydrogens (tertiary/aromatic N) is 2. The van der Waals surface area contributed by atoms with Gasteiger partial charge in [-0.3, -0.25) is 19.3 Å². The zero-order valence-electron chi connectivity index (χ0n) is 16.8. The van der Waals surface area contributed by atoms with E-state index in [1.54, 1.807) is 37.5 Å². The molecule has 1 saturated heterocycles. The van der Waals surface area contributed by atoms with Gasteiger partial charge in [0.15, 0.2) is 0 Å². The standard InChI is InChI=1S/C21H23N3O4S/c1-13(2)23-11-15(9-14(23)3)10-18-20(26)24(21(27)29-18)12-19(25)22-16-5-7-17(28-4)8-6-16/h5-11,13H,12H2,1-4H3,(H,22,25)/b18-10+. The highest BCUT2D eigenvalue weighted by Gasteiger charge is 2.36. The van der Waals surface area contributed by atoms with Crippen LogP contribution in [-0.4, -0.2) is 40.2 Å². The monoisotopic (exact) mass is 413 g/mol. The van der Waals surface area contributed by atoms with E-state index in [4.69, 9.17) is 4.74 Å². The Labute approximate surface area is 173 Å². The molecule has 1 aliphatic rings. The number of benzene rings is 1. The van der Waals surface area contributed by atoms with E-state index in [0.29, 0.717) is 22.4 Å². The average molecular weight is 413 g/mol. The lowest BCUT2D eigenvalue weighted by Crippen LogP contribution is -2.36. The van der Waals surface area contributed by atoms with Crippen molar-refractivity contribution in [2.45, 2.75) is 26.8 Å². The van der Waals surface area contributed by atoms with Gasteiger partial charge in [0.05, 0.1) is 12.0 Å². The second-order valence-corrected chi connectivity index (χ2v) is 7.95. The molecule has 152 valence electrons. The molecule has 2 heterocycles. The third-order valence-corrected chi connectivity index (χ3v) is 5.38. The van der Waals surface area contributed by atoms with Crippen LogP contribution in [0.15, 0.2) is 41.4 Å². The lowest BCUT2D eigenvalue weighted by molar-refractivity contribution is -0.127. The summed E-state index contributed by atoms with van der Waals surface area (Å²) < 4.78 is 7.17. The maximum Gasteiger partial charge on any atom is 0.294 e. The molecule has 8 heteroatoms. The topological polar surface area (TPSA) is 80.6 Å². The molecule has 3 rings (SSSR count). The summed E-state index contributed by atoms with van der Waals surface area (Å²) >= 11 is 0.846. The number of amides is 3. The van der Waals surface area contributed by atoms with Crippen LogP contribution in [-0.2, 0) is 9.59 Å². The minimum atomic E-state index is -0.458. The summed E-state index contributed by atoms with van der Waals surface area (Å²) in [6.07, 6.45) is 3.64. The second-order valence-electron chi connectivity index (χ2n) is 6.96. The summed E-state index contributed by atoms with van der Waals surface area (Å²) in [7, 11) is 1.56. The Balaban J connectivity index is 1.68. The summed E-state index contributed by atoms with van der Waals surface area (Å²) in [4.78, 5) is 38.4. The molecule has 0 atom stereocenters. The quantitative estimate of drug-likeness (QED) is 0.723. The molecule has 0 spiro atoms. The van der Waals surface area contributed by atoms with Crippen LogP contribution in [0.5, 0.6) is 5.75 Å². The van der Waals surface area contributed by atoms with Gasteiger partial charge in [0.25, 0.3) is 11.1 Å². The number of hydrogen-bond donors (Lipinski definition) is 1. The fraction of sp³-hybridized carbons (Fsp3) is 0.286. The number of thioether (sulfide) groups is 1. The van der Waals surface area contributed by atoms with Crippen LogP contribution in [0.3, 0.4) is 0 Å². The number of aryl methyl sites for hydroxylation is 1. The Hall–Kier alpha value is -3.00. The molecule has 0 bridgehead atoms. The van der Waals surface area contributed by atoms with Crippen molar-refractivity contribution >= 4 is 40.6 Å². The number of ether oxygens (including phenoxy) is 1. The summed E-state index contributed by atoms with van der Waals surface area (Å²) in [5, 5.41) is 2.22. The van der Waals surface area contributed by atoms with Crippen molar-refractivity contribution in [2.24, 2.45) is 0 Å². The minimum absolute atomic E-state index is 0.300. The van der Waals surface area contributed by atoms with Crippen molar-refractivity contribution in [3.8, 4) is 5.75 Å². The van der Waals surface area contributed by atoms with E-state index in [-0.39, 0.29) is 6.54 Å². The number of methoxy groups -OCH3 is 1. The molecule has 7 nitrogen and oxygen atoms in total. The maximum absolute atomic E-state index is 12.6. The van der Waals surface area contributed by atoms with Crippen LogP contribution in [0, 0.1) is 6.92 Å². The maximum atomic E-state index is 12.6. The molecule has 0 saturated carbocycles. The van der Waals surface area contributed by atoms with Gasteiger partial charge >= 0.3 is 0 Å². The Bertz CT molecular complexity index is 976. The predicted octanol–water partition coefficient (Wildman–Crippen LogP) is 4.06. The second kappa shape index (κ2) is 8.57. The third kappa shape index (κ3) is 4.71. The number of anilines is 1. The molecule has 1 aromatic carbocycles. The van der Waals surface area contributed by atoms with Gasteiger partial charge < -0.3 is 14.6 Å². The number of nitrogens with one attached hydrogen (secondary N) is 1. The summed E-state index contributed by atoms with van der Waals surface area (Å²) in [5.74, 6) is -0.235. The summed E-state index contributed by atoms with van der Waals surface area (Å²) in [6, 6.07) is 9.06. The Morgan fingerprint density at radius 3 is 2.52 bits per heavy atom. The van der Waals surface area contributed by atoms with Gasteiger partial charge in [0.1, 0.15) is 12.3 Å². The van der Waals surface area contributed by atoms with Gasteiger partial charge in [-0.05, 0) is 74.5 Å². The summed E-state index contributed by atoms with van der Waals surface area (Å²) in [5.41, 5.74) is 2.48. The van der Waals surface area contributed by atoms with Gasteiger partial charge in [-0.2, -0.15) is 0 Å². The lowest BCUT2D eigenvalue weighted by Gasteiger charge is -2.12. The number of carbonyl (C=O) groups excluding carboxylic acids is 3. The molecule has 2 aromatic rings. The number of imide groups is 1. The Morgan fingerprint density at radius 2 is 1.93 bits per heavy atom. The third-order valence-electron chi connectivity index (χ3n) is 4.47. The molecule has 0 unspecified atom stereocenters. The van der Waals surface area contributed by atoms with Gasteiger partial charge in [-0.1, -0.05) is 0 Å². The lowest BCUT2D eigenvalue weighted by atomic mass is 10.2. The normalized spacial score (nSPS) is 15.5.